The van der Waals surface area contributed by atoms with Gasteiger partial charge in [0.2, 0.25) is 0 Å². The number of anilines is 5. The van der Waals surface area contributed by atoms with Crippen molar-refractivity contribution in [1.82, 2.24) is 9.13 Å². The summed E-state index contributed by atoms with van der Waals surface area (Å²) in [5, 5.41) is 8.54. The first-order valence-corrected chi connectivity index (χ1v) is 35.0. The average molecular weight is 1390 g/mol. The molecule has 0 saturated heterocycles. The normalized spacial score (nSPS) is 10.8. The molecule has 0 spiro atoms. The molecule has 0 saturated carbocycles. The molecule has 5 heteroatoms. The summed E-state index contributed by atoms with van der Waals surface area (Å²) in [5.41, 5.74) is 27.2. The summed E-state index contributed by atoms with van der Waals surface area (Å²) in [5.74, 6) is 0. The SMILES string of the molecule is Brc1cccc(-c2ccc3c4ccccc4n(-c4ccccc4)c3c2)c1.C.C.c1ccc(-c2ccc(N(c3ccc(-c4ccccc4)cc3)c3cccc(-c4ccc5c6ccccc6n(-c6ccccc6)c5c4)c3)cc2)cc1.c1ccc(-c2ccc(Nc3ccc(-c4ccccc4)cc3)cc2)cc1. The van der Waals surface area contributed by atoms with E-state index in [1.807, 2.05) is 12.1 Å². The quantitative estimate of drug-likeness (QED) is 0.124. The van der Waals surface area contributed by atoms with Crippen molar-refractivity contribution in [3.05, 3.63) is 417 Å². The molecule has 2 aromatic heterocycles. The van der Waals surface area contributed by atoms with E-state index in [1.165, 1.54) is 116 Å². The molecular weight excluding hydrogens is 1310 g/mol. The van der Waals surface area contributed by atoms with E-state index in [0.717, 1.165) is 38.6 Å². The Bertz CT molecular complexity index is 5640. The summed E-state index contributed by atoms with van der Waals surface area (Å²) in [7, 11) is 0. The van der Waals surface area contributed by atoms with Crippen LogP contribution in [0.25, 0.3) is 122 Å². The fraction of sp³-hybridized carbons (Fsp3) is 0.0204. The van der Waals surface area contributed by atoms with Crippen LogP contribution < -0.4 is 10.2 Å². The minimum Gasteiger partial charge on any atom is -0.356 e. The van der Waals surface area contributed by atoms with E-state index in [9.17, 15) is 0 Å². The molecule has 0 fully saturated rings. The van der Waals surface area contributed by atoms with Gasteiger partial charge >= 0.3 is 0 Å². The number of aromatic nitrogens is 2. The van der Waals surface area contributed by atoms with Crippen molar-refractivity contribution >= 4 is 88.0 Å². The average Bonchev–Trinajstić information content (AvgIpc) is 1.61. The van der Waals surface area contributed by atoms with Gasteiger partial charge in [-0.15, -0.1) is 0 Å². The van der Waals surface area contributed by atoms with E-state index >= 15 is 0 Å². The summed E-state index contributed by atoms with van der Waals surface area (Å²) >= 11 is 3.58. The van der Waals surface area contributed by atoms with Gasteiger partial charge in [0, 0.05) is 65.8 Å². The van der Waals surface area contributed by atoms with Crippen molar-refractivity contribution in [2.24, 2.45) is 0 Å². The molecule has 16 aromatic carbocycles. The lowest BCUT2D eigenvalue weighted by Gasteiger charge is -2.26. The van der Waals surface area contributed by atoms with Gasteiger partial charge in [-0.3, -0.25) is 0 Å². The third-order valence-corrected chi connectivity index (χ3v) is 19.2. The number of hydrogen-bond acceptors (Lipinski definition) is 2. The van der Waals surface area contributed by atoms with E-state index in [-0.39, 0.29) is 14.9 Å². The second-order valence-corrected chi connectivity index (χ2v) is 26.0. The maximum Gasteiger partial charge on any atom is 0.0547 e. The maximum atomic E-state index is 3.58. The van der Waals surface area contributed by atoms with Crippen LogP contribution in [0.5, 0.6) is 0 Å². The molecule has 0 aliphatic carbocycles. The Morgan fingerprint density at radius 2 is 0.485 bits per heavy atom. The Labute approximate surface area is 613 Å². The highest BCUT2D eigenvalue weighted by Crippen LogP contribution is 2.42. The number of para-hydroxylation sites is 4. The van der Waals surface area contributed by atoms with Crippen LogP contribution in [0, 0.1) is 0 Å². The van der Waals surface area contributed by atoms with E-state index in [4.69, 9.17) is 0 Å². The molecule has 0 atom stereocenters. The summed E-state index contributed by atoms with van der Waals surface area (Å²) in [6.45, 7) is 0. The van der Waals surface area contributed by atoms with Gasteiger partial charge in [-0.25, -0.2) is 0 Å². The van der Waals surface area contributed by atoms with E-state index < -0.39 is 0 Å². The highest BCUT2D eigenvalue weighted by atomic mass is 79.9. The van der Waals surface area contributed by atoms with Gasteiger partial charge in [0.15, 0.2) is 0 Å². The van der Waals surface area contributed by atoms with Crippen LogP contribution in [0.2, 0.25) is 0 Å². The zero-order chi connectivity index (χ0) is 67.7. The molecule has 0 aliphatic rings. The van der Waals surface area contributed by atoms with E-state index in [2.05, 4.69) is 436 Å². The zero-order valence-corrected chi connectivity index (χ0v) is 57.1. The molecule has 1 N–H and O–H groups in total. The van der Waals surface area contributed by atoms with E-state index in [0.29, 0.717) is 0 Å². The Morgan fingerprint density at radius 3 is 0.864 bits per heavy atom. The minimum absolute atomic E-state index is 0. The zero-order valence-electron chi connectivity index (χ0n) is 55.5. The molecule has 0 bridgehead atoms. The van der Waals surface area contributed by atoms with Crippen LogP contribution in [0.4, 0.5) is 28.4 Å². The van der Waals surface area contributed by atoms with Crippen LogP contribution in [-0.2, 0) is 0 Å². The van der Waals surface area contributed by atoms with Gasteiger partial charge in [0.25, 0.3) is 0 Å². The Hall–Kier alpha value is -12.8. The van der Waals surface area contributed by atoms with Crippen LogP contribution in [0.15, 0.2) is 417 Å². The molecule has 496 valence electrons. The van der Waals surface area contributed by atoms with Gasteiger partial charge in [-0.2, -0.15) is 0 Å². The minimum atomic E-state index is 0. The molecule has 0 aliphatic heterocycles. The number of benzene rings is 16. The maximum absolute atomic E-state index is 3.58. The lowest BCUT2D eigenvalue weighted by molar-refractivity contribution is 1.18. The summed E-state index contributed by atoms with van der Waals surface area (Å²) < 4.78 is 5.83. The molecule has 103 heavy (non-hydrogen) atoms. The molecule has 18 rings (SSSR count). The second kappa shape index (κ2) is 31.2. The molecule has 0 amide bonds. The third-order valence-electron chi connectivity index (χ3n) is 18.7. The monoisotopic (exact) mass is 1390 g/mol. The molecule has 4 nitrogen and oxygen atoms in total. The lowest BCUT2D eigenvalue weighted by atomic mass is 10.0. The standard InChI is InChI=1S/C48H34N2.C24H16BrN.C24H19N.2CH4/c1-4-13-35(14-5-1)37-23-28-42(29-24-37)49(43-30-25-38(26-31-43)36-15-6-2-7-16-36)44-20-12-17-39(33-44)40-27-32-46-45-21-10-11-22-47(45)50(48(46)34-40)41-18-8-3-9-19-41;25-19-8-6-7-17(15-19)18-13-14-22-21-11-4-5-12-23(21)26(24(22)16-18)20-9-2-1-3-10-20;1-3-7-19(8-4-1)21-11-15-23(16-12-21)25-24-17-13-22(14-18-24)20-9-5-2-6-10-20;;/h1-34H;1-16H;1-18,25H;2*1H4. The number of rotatable bonds is 13. The fourth-order valence-electron chi connectivity index (χ4n) is 13.7. The van der Waals surface area contributed by atoms with Gasteiger partial charge in [0.1, 0.15) is 0 Å². The largest absolute Gasteiger partial charge is 0.356 e. The highest BCUT2D eigenvalue weighted by molar-refractivity contribution is 9.10. The molecular formula is C98H77BrN4. The number of fused-ring (bicyclic) bond motifs is 6. The summed E-state index contributed by atoms with van der Waals surface area (Å²) in [6, 6.07) is 146. The number of nitrogens with one attached hydrogen (secondary N) is 1. The topological polar surface area (TPSA) is 25.1 Å². The van der Waals surface area contributed by atoms with Crippen LogP contribution in [-0.4, -0.2) is 9.13 Å². The van der Waals surface area contributed by atoms with Crippen molar-refractivity contribution in [1.29, 1.82) is 0 Å². The predicted molar refractivity (Wildman–Crippen MR) is 446 cm³/mol. The molecule has 0 radical (unpaired) electrons. The summed E-state index contributed by atoms with van der Waals surface area (Å²) in [6.07, 6.45) is 0. The Balaban J connectivity index is 0.000000143. The lowest BCUT2D eigenvalue weighted by Crippen LogP contribution is -2.10. The van der Waals surface area contributed by atoms with Crippen molar-refractivity contribution < 1.29 is 0 Å². The first-order valence-electron chi connectivity index (χ1n) is 34.2. The predicted octanol–water partition coefficient (Wildman–Crippen LogP) is 28.5. The van der Waals surface area contributed by atoms with Crippen molar-refractivity contribution in [3.63, 3.8) is 0 Å². The van der Waals surface area contributed by atoms with Crippen LogP contribution in [0.3, 0.4) is 0 Å². The number of nitrogens with zero attached hydrogens (tertiary/aromatic N) is 3. The Morgan fingerprint density at radius 1 is 0.204 bits per heavy atom. The van der Waals surface area contributed by atoms with Crippen molar-refractivity contribution in [2.75, 3.05) is 10.2 Å². The first kappa shape index (κ1) is 67.4. The van der Waals surface area contributed by atoms with Gasteiger partial charge in [-0.1, -0.05) is 322 Å². The summed E-state index contributed by atoms with van der Waals surface area (Å²) in [4.78, 5) is 2.35. The van der Waals surface area contributed by atoms with Crippen LogP contribution in [0.1, 0.15) is 14.9 Å². The molecule has 2 heterocycles. The highest BCUT2D eigenvalue weighted by Gasteiger charge is 2.18. The second-order valence-electron chi connectivity index (χ2n) is 25.1. The number of hydrogen-bond donors (Lipinski definition) is 1. The van der Waals surface area contributed by atoms with Crippen molar-refractivity contribution in [2.45, 2.75) is 14.9 Å². The number of halogens is 1. The van der Waals surface area contributed by atoms with Crippen LogP contribution >= 0.6 is 15.9 Å². The third kappa shape index (κ3) is 14.6. The molecule has 18 aromatic rings. The Kier molecular flexibility index (Phi) is 20.4. The smallest absolute Gasteiger partial charge is 0.0547 e. The van der Waals surface area contributed by atoms with Crippen molar-refractivity contribution in [3.8, 4) is 78.1 Å². The molecule has 0 unspecified atom stereocenters. The first-order chi connectivity index (χ1) is 50.0. The van der Waals surface area contributed by atoms with E-state index in [1.54, 1.807) is 0 Å². The fourth-order valence-corrected chi connectivity index (χ4v) is 14.1. The van der Waals surface area contributed by atoms with Gasteiger partial charge in [-0.05, 0) is 188 Å². The van der Waals surface area contributed by atoms with Gasteiger partial charge in [0.05, 0.1) is 22.1 Å². The van der Waals surface area contributed by atoms with Gasteiger partial charge < -0.3 is 19.4 Å².